The number of carbonyl (C=O) groups excluding carboxylic acids is 1. The lowest BCUT2D eigenvalue weighted by molar-refractivity contribution is 0.0726. The van der Waals surface area contributed by atoms with Crippen LogP contribution in [0.4, 0.5) is 0 Å². The highest BCUT2D eigenvalue weighted by molar-refractivity contribution is 5.97. The topological polar surface area (TPSA) is 57.2 Å². The minimum Gasteiger partial charge on any atom is -0.493 e. The number of nitrogens with zero attached hydrogens (tertiary/aromatic N) is 1. The monoisotopic (exact) mass is 433 g/mol. The van der Waals surface area contributed by atoms with Crippen molar-refractivity contribution in [2.45, 2.75) is 19.6 Å². The van der Waals surface area contributed by atoms with Crippen LogP contribution in [0.15, 0.2) is 60.7 Å². The van der Waals surface area contributed by atoms with Crippen molar-refractivity contribution in [3.8, 4) is 23.0 Å². The van der Waals surface area contributed by atoms with Crippen LogP contribution in [0.1, 0.15) is 27.0 Å². The summed E-state index contributed by atoms with van der Waals surface area (Å²) in [5.74, 6) is 2.50. The Kier molecular flexibility index (Phi) is 6.50. The Hall–Kier alpha value is -3.67. The molecular weight excluding hydrogens is 406 g/mol. The molecule has 0 saturated heterocycles. The number of methoxy groups -OCH3 is 3. The third-order valence-electron chi connectivity index (χ3n) is 5.62. The molecule has 0 aromatic heterocycles. The van der Waals surface area contributed by atoms with Gasteiger partial charge in [-0.05, 0) is 47.4 Å². The van der Waals surface area contributed by atoms with Gasteiger partial charge < -0.3 is 23.8 Å². The molecular formula is C26H27NO5. The molecule has 0 N–H and O–H groups in total. The first kappa shape index (κ1) is 21.6. The molecule has 1 aliphatic rings. The van der Waals surface area contributed by atoms with Crippen molar-refractivity contribution >= 4 is 5.91 Å². The molecule has 0 fully saturated rings. The van der Waals surface area contributed by atoms with Crippen LogP contribution in [0.2, 0.25) is 0 Å². The van der Waals surface area contributed by atoms with Crippen LogP contribution in [0, 0.1) is 0 Å². The minimum atomic E-state index is -0.0195. The van der Waals surface area contributed by atoms with Gasteiger partial charge in [0, 0.05) is 18.7 Å². The molecule has 4 rings (SSSR count). The van der Waals surface area contributed by atoms with Gasteiger partial charge in [-0.2, -0.15) is 0 Å². The summed E-state index contributed by atoms with van der Waals surface area (Å²) in [4.78, 5) is 15.1. The average molecular weight is 434 g/mol. The zero-order chi connectivity index (χ0) is 22.5. The largest absolute Gasteiger partial charge is 0.493 e. The molecule has 0 radical (unpaired) electrons. The molecule has 0 unspecified atom stereocenters. The summed E-state index contributed by atoms with van der Waals surface area (Å²) >= 11 is 0. The summed E-state index contributed by atoms with van der Waals surface area (Å²) < 4.78 is 22.2. The van der Waals surface area contributed by atoms with E-state index in [4.69, 9.17) is 18.9 Å². The van der Waals surface area contributed by atoms with Crippen LogP contribution in [0.3, 0.4) is 0 Å². The van der Waals surface area contributed by atoms with Crippen molar-refractivity contribution in [1.29, 1.82) is 0 Å². The van der Waals surface area contributed by atoms with E-state index in [1.165, 1.54) is 0 Å². The summed E-state index contributed by atoms with van der Waals surface area (Å²) in [6.45, 7) is 1.56. The van der Waals surface area contributed by atoms with Gasteiger partial charge in [-0.1, -0.05) is 36.4 Å². The lowest BCUT2D eigenvalue weighted by Gasteiger charge is -2.29. The highest BCUT2D eigenvalue weighted by atomic mass is 16.5. The van der Waals surface area contributed by atoms with Gasteiger partial charge in [0.05, 0.1) is 21.3 Å². The molecule has 1 amide bonds. The van der Waals surface area contributed by atoms with Crippen LogP contribution >= 0.6 is 0 Å². The fourth-order valence-corrected chi connectivity index (χ4v) is 3.89. The molecule has 166 valence electrons. The zero-order valence-corrected chi connectivity index (χ0v) is 18.6. The maximum absolute atomic E-state index is 13.2. The summed E-state index contributed by atoms with van der Waals surface area (Å²) in [6, 6.07) is 19.4. The highest BCUT2D eigenvalue weighted by Gasteiger charge is 2.27. The van der Waals surface area contributed by atoms with Crippen LogP contribution in [0.5, 0.6) is 23.0 Å². The van der Waals surface area contributed by atoms with Gasteiger partial charge in [-0.3, -0.25) is 4.79 Å². The van der Waals surface area contributed by atoms with E-state index in [0.717, 1.165) is 23.1 Å². The van der Waals surface area contributed by atoms with Crippen molar-refractivity contribution in [3.05, 3.63) is 82.9 Å². The molecule has 1 heterocycles. The van der Waals surface area contributed by atoms with E-state index >= 15 is 0 Å². The third-order valence-corrected chi connectivity index (χ3v) is 5.62. The van der Waals surface area contributed by atoms with Crippen molar-refractivity contribution in [2.24, 2.45) is 0 Å². The van der Waals surface area contributed by atoms with Gasteiger partial charge in [0.2, 0.25) is 0 Å². The van der Waals surface area contributed by atoms with E-state index in [1.54, 1.807) is 27.4 Å². The predicted molar refractivity (Wildman–Crippen MR) is 122 cm³/mol. The maximum atomic E-state index is 13.2. The second kappa shape index (κ2) is 9.64. The summed E-state index contributed by atoms with van der Waals surface area (Å²) in [7, 11) is 4.80. The highest BCUT2D eigenvalue weighted by Crippen LogP contribution is 2.35. The minimum absolute atomic E-state index is 0.0195. The summed E-state index contributed by atoms with van der Waals surface area (Å²) in [5, 5.41) is 0. The smallest absolute Gasteiger partial charge is 0.254 e. The molecule has 0 saturated carbocycles. The normalized spacial score (nSPS) is 12.8. The van der Waals surface area contributed by atoms with E-state index in [9.17, 15) is 4.79 Å². The molecule has 1 aliphatic heterocycles. The van der Waals surface area contributed by atoms with Crippen LogP contribution in [-0.2, 0) is 19.6 Å². The van der Waals surface area contributed by atoms with Gasteiger partial charge in [0.25, 0.3) is 5.91 Å². The molecule has 0 atom stereocenters. The molecule has 0 bridgehead atoms. The van der Waals surface area contributed by atoms with Gasteiger partial charge in [0.1, 0.15) is 6.61 Å². The average Bonchev–Trinajstić information content (AvgIpc) is 2.84. The number of hydrogen-bond acceptors (Lipinski definition) is 5. The third kappa shape index (κ3) is 4.49. The maximum Gasteiger partial charge on any atom is 0.254 e. The SMILES string of the molecule is COc1ccc(CN2CCc3cc(OCc4ccccc4)c(OC)cc3C2=O)cc1OC. The fourth-order valence-electron chi connectivity index (χ4n) is 3.89. The van der Waals surface area contributed by atoms with Crippen molar-refractivity contribution < 1.29 is 23.7 Å². The van der Waals surface area contributed by atoms with Crippen LogP contribution < -0.4 is 18.9 Å². The standard InChI is InChI=1S/C26H27NO5/c1-29-22-10-9-19(13-23(22)30-2)16-27-12-11-20-14-25(24(31-3)15-21(20)26(27)28)32-17-18-7-5-4-6-8-18/h4-10,13-15H,11-12,16-17H2,1-3H3. The Morgan fingerprint density at radius 2 is 1.50 bits per heavy atom. The van der Waals surface area contributed by atoms with E-state index < -0.39 is 0 Å². The summed E-state index contributed by atoms with van der Waals surface area (Å²) in [6.07, 6.45) is 0.750. The number of benzene rings is 3. The number of amides is 1. The lowest BCUT2D eigenvalue weighted by Crippen LogP contribution is -2.37. The Bertz CT molecular complexity index is 1100. The molecule has 0 spiro atoms. The van der Waals surface area contributed by atoms with E-state index in [1.807, 2.05) is 59.5 Å². The Morgan fingerprint density at radius 1 is 0.781 bits per heavy atom. The quantitative estimate of drug-likeness (QED) is 0.524. The van der Waals surface area contributed by atoms with Crippen LogP contribution in [-0.4, -0.2) is 38.7 Å². The number of fused-ring (bicyclic) bond motifs is 1. The number of ether oxygens (including phenoxy) is 4. The molecule has 3 aromatic carbocycles. The zero-order valence-electron chi connectivity index (χ0n) is 18.6. The van der Waals surface area contributed by atoms with Crippen LogP contribution in [0.25, 0.3) is 0 Å². The molecule has 32 heavy (non-hydrogen) atoms. The second-order valence-corrected chi connectivity index (χ2v) is 7.60. The van der Waals surface area contributed by atoms with Gasteiger partial charge >= 0.3 is 0 Å². The lowest BCUT2D eigenvalue weighted by atomic mass is 9.97. The number of hydrogen-bond donors (Lipinski definition) is 0. The van der Waals surface area contributed by atoms with Gasteiger partial charge in [0.15, 0.2) is 23.0 Å². The molecule has 0 aliphatic carbocycles. The Balaban J connectivity index is 1.52. The fraction of sp³-hybridized carbons (Fsp3) is 0.269. The van der Waals surface area contributed by atoms with Gasteiger partial charge in [-0.25, -0.2) is 0 Å². The predicted octanol–water partition coefficient (Wildman–Crippen LogP) is 4.49. The first-order valence-corrected chi connectivity index (χ1v) is 10.5. The van der Waals surface area contributed by atoms with E-state index in [2.05, 4.69) is 0 Å². The number of carbonyl (C=O) groups is 1. The van der Waals surface area contributed by atoms with Crippen molar-refractivity contribution in [2.75, 3.05) is 27.9 Å². The van der Waals surface area contributed by atoms with E-state index in [-0.39, 0.29) is 5.91 Å². The first-order chi connectivity index (χ1) is 15.6. The number of rotatable bonds is 8. The Morgan fingerprint density at radius 3 is 2.22 bits per heavy atom. The van der Waals surface area contributed by atoms with Gasteiger partial charge in [-0.15, -0.1) is 0 Å². The first-order valence-electron chi connectivity index (χ1n) is 10.5. The Labute approximate surface area is 188 Å². The summed E-state index contributed by atoms with van der Waals surface area (Å²) in [5.41, 5.74) is 3.68. The van der Waals surface area contributed by atoms with Crippen molar-refractivity contribution in [3.63, 3.8) is 0 Å². The molecule has 3 aromatic rings. The second-order valence-electron chi connectivity index (χ2n) is 7.60. The molecule has 6 heteroatoms. The van der Waals surface area contributed by atoms with E-state index in [0.29, 0.717) is 48.3 Å². The molecule has 6 nitrogen and oxygen atoms in total. The van der Waals surface area contributed by atoms with Crippen molar-refractivity contribution in [1.82, 2.24) is 4.90 Å².